The van der Waals surface area contributed by atoms with Crippen molar-refractivity contribution >= 4 is 23.5 Å². The standard InChI is InChI=1S/C10H13N3O3S.2H2O/c1-2-11-10(17)13-12-5-7-8(15)3-6(14)4-9(7)16;;/h3-5,14-16H,2H2,1H3,(H2,11,13,17);2*1H2/b12-5+;;. The van der Waals surface area contributed by atoms with Gasteiger partial charge in [0.25, 0.3) is 0 Å². The van der Waals surface area contributed by atoms with Gasteiger partial charge in [0.1, 0.15) is 17.2 Å². The van der Waals surface area contributed by atoms with E-state index in [0.29, 0.717) is 11.7 Å². The summed E-state index contributed by atoms with van der Waals surface area (Å²) in [5, 5.41) is 34.9. The first-order valence-electron chi connectivity index (χ1n) is 4.86. The van der Waals surface area contributed by atoms with E-state index in [1.165, 1.54) is 6.21 Å². The number of phenolic OH excluding ortho intramolecular Hbond substituents is 3. The topological polar surface area (TPSA) is 160 Å². The van der Waals surface area contributed by atoms with Crippen LogP contribution in [-0.4, -0.2) is 44.1 Å². The van der Waals surface area contributed by atoms with Crippen LogP contribution >= 0.6 is 12.2 Å². The summed E-state index contributed by atoms with van der Waals surface area (Å²) >= 11 is 4.85. The van der Waals surface area contributed by atoms with E-state index in [9.17, 15) is 10.2 Å². The number of hydrogen-bond acceptors (Lipinski definition) is 5. The molecule has 0 radical (unpaired) electrons. The van der Waals surface area contributed by atoms with Crippen molar-refractivity contribution in [2.75, 3.05) is 6.54 Å². The zero-order valence-electron chi connectivity index (χ0n) is 10.1. The summed E-state index contributed by atoms with van der Waals surface area (Å²) in [7, 11) is 0. The number of benzene rings is 1. The molecule has 1 aromatic rings. The van der Waals surface area contributed by atoms with Gasteiger partial charge in [-0.25, -0.2) is 0 Å². The summed E-state index contributed by atoms with van der Waals surface area (Å²) in [4.78, 5) is 0. The number of hydrogen-bond donors (Lipinski definition) is 5. The molecular weight excluding hydrogens is 274 g/mol. The Labute approximate surface area is 115 Å². The maximum absolute atomic E-state index is 9.45. The normalized spacial score (nSPS) is 9.32. The molecule has 0 saturated heterocycles. The summed E-state index contributed by atoms with van der Waals surface area (Å²) in [6, 6.07) is 2.20. The van der Waals surface area contributed by atoms with Gasteiger partial charge in [-0.1, -0.05) is 0 Å². The van der Waals surface area contributed by atoms with Crippen molar-refractivity contribution in [2.24, 2.45) is 5.10 Å². The Kier molecular flexibility index (Phi) is 9.03. The van der Waals surface area contributed by atoms with Gasteiger partial charge in [0, 0.05) is 18.7 Å². The third-order valence-electron chi connectivity index (χ3n) is 1.82. The molecule has 0 aliphatic heterocycles. The Morgan fingerprint density at radius 1 is 1.26 bits per heavy atom. The molecule has 0 heterocycles. The lowest BCUT2D eigenvalue weighted by atomic mass is 10.2. The summed E-state index contributed by atoms with van der Waals surface area (Å²) < 4.78 is 0. The van der Waals surface area contributed by atoms with Gasteiger partial charge in [-0.3, -0.25) is 5.43 Å². The Bertz CT molecular complexity index is 430. The summed E-state index contributed by atoms with van der Waals surface area (Å²) in [5.41, 5.74) is 2.60. The van der Waals surface area contributed by atoms with Gasteiger partial charge in [-0.05, 0) is 19.1 Å². The van der Waals surface area contributed by atoms with Crippen LogP contribution in [0.25, 0.3) is 0 Å². The minimum Gasteiger partial charge on any atom is -0.508 e. The first kappa shape index (κ1) is 19.2. The molecule has 0 spiro atoms. The average Bonchev–Trinajstić information content (AvgIpc) is 2.22. The van der Waals surface area contributed by atoms with E-state index in [0.717, 1.165) is 12.1 Å². The third kappa shape index (κ3) is 5.86. The Morgan fingerprint density at radius 2 is 1.79 bits per heavy atom. The number of nitrogens with zero attached hydrogens (tertiary/aromatic N) is 1. The molecular formula is C10H17N3O5S. The maximum Gasteiger partial charge on any atom is 0.186 e. The van der Waals surface area contributed by atoms with Gasteiger partial charge in [0.15, 0.2) is 5.11 Å². The number of nitrogens with one attached hydrogen (secondary N) is 2. The third-order valence-corrected chi connectivity index (χ3v) is 2.05. The van der Waals surface area contributed by atoms with E-state index < -0.39 is 0 Å². The molecule has 1 rings (SSSR count). The summed E-state index contributed by atoms with van der Waals surface area (Å²) in [5.74, 6) is -0.780. The highest BCUT2D eigenvalue weighted by Gasteiger charge is 2.07. The highest BCUT2D eigenvalue weighted by atomic mass is 32.1. The van der Waals surface area contributed by atoms with Crippen molar-refractivity contribution in [3.8, 4) is 17.2 Å². The fraction of sp³-hybridized carbons (Fsp3) is 0.200. The molecule has 1 aromatic carbocycles. The van der Waals surface area contributed by atoms with Crippen molar-refractivity contribution in [3.63, 3.8) is 0 Å². The fourth-order valence-electron chi connectivity index (χ4n) is 1.10. The highest BCUT2D eigenvalue weighted by Crippen LogP contribution is 2.30. The van der Waals surface area contributed by atoms with Crippen LogP contribution in [0.2, 0.25) is 0 Å². The van der Waals surface area contributed by atoms with Crippen LogP contribution in [0.3, 0.4) is 0 Å². The molecule has 8 nitrogen and oxygen atoms in total. The molecule has 0 fully saturated rings. The molecule has 0 amide bonds. The number of rotatable bonds is 3. The Hall–Kier alpha value is -2.10. The molecule has 0 aliphatic carbocycles. The quantitative estimate of drug-likeness (QED) is 0.272. The number of phenols is 3. The second kappa shape index (κ2) is 8.91. The summed E-state index contributed by atoms with van der Waals surface area (Å²) in [6.07, 6.45) is 1.20. The average molecular weight is 291 g/mol. The van der Waals surface area contributed by atoms with Crippen LogP contribution in [-0.2, 0) is 0 Å². The van der Waals surface area contributed by atoms with Crippen LogP contribution in [0, 0.1) is 0 Å². The van der Waals surface area contributed by atoms with E-state index in [-0.39, 0.29) is 33.8 Å². The molecule has 0 atom stereocenters. The molecule has 0 aliphatic rings. The van der Waals surface area contributed by atoms with E-state index in [1.807, 2.05) is 6.92 Å². The number of hydrazone groups is 1. The van der Waals surface area contributed by atoms with E-state index >= 15 is 0 Å². The number of aromatic hydroxyl groups is 3. The largest absolute Gasteiger partial charge is 0.508 e. The molecule has 0 bridgehead atoms. The summed E-state index contributed by atoms with van der Waals surface area (Å²) in [6.45, 7) is 2.55. The highest BCUT2D eigenvalue weighted by molar-refractivity contribution is 7.80. The second-order valence-corrected chi connectivity index (χ2v) is 3.54. The molecule has 9 N–H and O–H groups in total. The zero-order valence-corrected chi connectivity index (χ0v) is 11.0. The van der Waals surface area contributed by atoms with Crippen LogP contribution in [0.1, 0.15) is 12.5 Å². The van der Waals surface area contributed by atoms with E-state index in [1.54, 1.807) is 0 Å². The Morgan fingerprint density at radius 3 is 2.26 bits per heavy atom. The maximum atomic E-state index is 9.45. The zero-order chi connectivity index (χ0) is 12.8. The van der Waals surface area contributed by atoms with Crippen molar-refractivity contribution in [2.45, 2.75) is 6.92 Å². The van der Waals surface area contributed by atoms with Gasteiger partial charge in [-0.15, -0.1) is 0 Å². The van der Waals surface area contributed by atoms with Crippen molar-refractivity contribution < 1.29 is 26.3 Å². The number of thiocarbonyl (C=S) groups is 1. The molecule has 19 heavy (non-hydrogen) atoms. The van der Waals surface area contributed by atoms with Crippen LogP contribution in [0.5, 0.6) is 17.2 Å². The molecule has 0 unspecified atom stereocenters. The second-order valence-electron chi connectivity index (χ2n) is 3.13. The molecule has 9 heteroatoms. The van der Waals surface area contributed by atoms with Gasteiger partial charge in [0.2, 0.25) is 0 Å². The molecule has 0 saturated carbocycles. The van der Waals surface area contributed by atoms with Crippen LogP contribution in [0.4, 0.5) is 0 Å². The van der Waals surface area contributed by atoms with E-state index in [2.05, 4.69) is 15.8 Å². The van der Waals surface area contributed by atoms with Crippen molar-refractivity contribution in [3.05, 3.63) is 17.7 Å². The first-order chi connectivity index (χ1) is 8.04. The first-order valence-corrected chi connectivity index (χ1v) is 5.27. The molecule has 108 valence electrons. The predicted molar refractivity (Wildman–Crippen MR) is 75.7 cm³/mol. The van der Waals surface area contributed by atoms with Crippen molar-refractivity contribution in [1.29, 1.82) is 0 Å². The van der Waals surface area contributed by atoms with Gasteiger partial charge in [0.05, 0.1) is 11.8 Å². The lowest BCUT2D eigenvalue weighted by molar-refractivity contribution is 0.427. The smallest absolute Gasteiger partial charge is 0.186 e. The van der Waals surface area contributed by atoms with Crippen LogP contribution in [0.15, 0.2) is 17.2 Å². The lowest BCUT2D eigenvalue weighted by Crippen LogP contribution is -2.31. The monoisotopic (exact) mass is 291 g/mol. The Balaban J connectivity index is 0. The van der Waals surface area contributed by atoms with Crippen LogP contribution < -0.4 is 10.7 Å². The minimum absolute atomic E-state index is 0. The SMILES string of the molecule is CCNC(=S)N/N=C/c1c(O)cc(O)cc1O.O.O. The predicted octanol–water partition coefficient (Wildman–Crippen LogP) is -1.03. The van der Waals surface area contributed by atoms with Gasteiger partial charge < -0.3 is 31.6 Å². The van der Waals surface area contributed by atoms with Crippen molar-refractivity contribution in [1.82, 2.24) is 10.7 Å². The van der Waals surface area contributed by atoms with Gasteiger partial charge >= 0.3 is 0 Å². The molecule has 0 aromatic heterocycles. The lowest BCUT2D eigenvalue weighted by Gasteiger charge is -2.05. The van der Waals surface area contributed by atoms with Gasteiger partial charge in [-0.2, -0.15) is 5.10 Å². The van der Waals surface area contributed by atoms with E-state index in [4.69, 9.17) is 17.3 Å². The minimum atomic E-state index is -0.276. The fourth-order valence-corrected chi connectivity index (χ4v) is 1.29.